The lowest BCUT2D eigenvalue weighted by molar-refractivity contribution is -0.118. The molecule has 9 heteroatoms. The smallest absolute Gasteiger partial charge is 0.240 e. The van der Waals surface area contributed by atoms with Crippen LogP contribution in [0, 0.1) is 0 Å². The number of aromatic nitrogens is 4. The molecule has 1 fully saturated rings. The fourth-order valence-corrected chi connectivity index (χ4v) is 5.70. The number of benzene rings is 1. The van der Waals surface area contributed by atoms with Crippen LogP contribution in [-0.4, -0.2) is 52.3 Å². The van der Waals surface area contributed by atoms with E-state index in [1.54, 1.807) is 47.6 Å². The molecule has 4 aromatic rings. The van der Waals surface area contributed by atoms with E-state index in [1.807, 2.05) is 10.6 Å². The van der Waals surface area contributed by atoms with Gasteiger partial charge in [0.25, 0.3) is 0 Å². The summed E-state index contributed by atoms with van der Waals surface area (Å²) in [5, 5.41) is 0.813. The summed E-state index contributed by atoms with van der Waals surface area (Å²) in [6, 6.07) is 10.0. The normalized spacial score (nSPS) is 18.0. The minimum atomic E-state index is -3.86. The molecule has 5 rings (SSSR count). The molecule has 1 aliphatic rings. The van der Waals surface area contributed by atoms with Gasteiger partial charge in [0.1, 0.15) is 11.2 Å². The van der Waals surface area contributed by atoms with Crippen LogP contribution in [0.25, 0.3) is 22.1 Å². The maximum atomic E-state index is 13.6. The van der Waals surface area contributed by atoms with Crippen molar-refractivity contribution in [2.45, 2.75) is 35.4 Å². The molecule has 0 bridgehead atoms. The van der Waals surface area contributed by atoms with Gasteiger partial charge in [0.05, 0.1) is 22.7 Å². The summed E-state index contributed by atoms with van der Waals surface area (Å²) < 4.78 is 29.0. The van der Waals surface area contributed by atoms with Crippen molar-refractivity contribution in [2.24, 2.45) is 0 Å². The van der Waals surface area contributed by atoms with Gasteiger partial charge in [0, 0.05) is 24.7 Å². The molecule has 1 amide bonds. The van der Waals surface area contributed by atoms with Crippen LogP contribution in [-0.2, 0) is 14.6 Å². The summed E-state index contributed by atoms with van der Waals surface area (Å²) >= 11 is 0. The summed E-state index contributed by atoms with van der Waals surface area (Å²) in [6.07, 6.45) is 6.79. The number of likely N-dealkylation sites (tertiary alicyclic amines) is 1. The summed E-state index contributed by atoms with van der Waals surface area (Å²) in [4.78, 5) is 25.5. The van der Waals surface area contributed by atoms with Crippen molar-refractivity contribution in [1.29, 1.82) is 0 Å². The number of sulfone groups is 1. The van der Waals surface area contributed by atoms with Crippen molar-refractivity contribution in [1.82, 2.24) is 24.4 Å². The first-order valence-electron chi connectivity index (χ1n) is 9.93. The Bertz CT molecular complexity index is 1330. The minimum absolute atomic E-state index is 0.00283. The molecule has 1 aliphatic heterocycles. The van der Waals surface area contributed by atoms with Crippen molar-refractivity contribution >= 4 is 38.3 Å². The minimum Gasteiger partial charge on any atom is -0.346 e. The van der Waals surface area contributed by atoms with Gasteiger partial charge in [-0.3, -0.25) is 4.79 Å². The second kappa shape index (κ2) is 7.24. The number of hydrogen-bond acceptors (Lipinski definition) is 5. The van der Waals surface area contributed by atoms with E-state index in [4.69, 9.17) is 0 Å². The Kier molecular flexibility index (Phi) is 4.54. The third kappa shape index (κ3) is 2.97. The molecular weight excluding hydrogens is 402 g/mol. The van der Waals surface area contributed by atoms with Gasteiger partial charge in [-0.05, 0) is 37.5 Å². The molecule has 0 saturated carbocycles. The lowest BCUT2D eigenvalue weighted by Crippen LogP contribution is -2.29. The van der Waals surface area contributed by atoms with Crippen molar-refractivity contribution < 1.29 is 13.2 Å². The first-order chi connectivity index (χ1) is 14.6. The molecule has 154 valence electrons. The summed E-state index contributed by atoms with van der Waals surface area (Å²) in [5.41, 5.74) is 1.93. The van der Waals surface area contributed by atoms with Gasteiger partial charge >= 0.3 is 0 Å². The van der Waals surface area contributed by atoms with Gasteiger partial charge in [0.2, 0.25) is 21.4 Å². The molecule has 30 heavy (non-hydrogen) atoms. The van der Waals surface area contributed by atoms with E-state index in [0.29, 0.717) is 24.3 Å². The van der Waals surface area contributed by atoms with Crippen molar-refractivity contribution in [3.05, 3.63) is 48.8 Å². The van der Waals surface area contributed by atoms with Crippen LogP contribution in [0.15, 0.2) is 58.8 Å². The fraction of sp³-hybridized carbons (Fsp3) is 0.286. The van der Waals surface area contributed by atoms with Crippen LogP contribution >= 0.6 is 0 Å². The Labute approximate surface area is 173 Å². The number of nitrogens with one attached hydrogen (secondary N) is 1. The number of hydrogen-bond donors (Lipinski definition) is 1. The van der Waals surface area contributed by atoms with E-state index in [9.17, 15) is 13.2 Å². The zero-order chi connectivity index (χ0) is 20.7. The average Bonchev–Trinajstić information content (AvgIpc) is 3.32. The highest BCUT2D eigenvalue weighted by molar-refractivity contribution is 7.91. The van der Waals surface area contributed by atoms with E-state index >= 15 is 0 Å². The molecule has 4 heterocycles. The number of fused-ring (bicyclic) bond motifs is 3. The Morgan fingerprint density at radius 1 is 1.13 bits per heavy atom. The van der Waals surface area contributed by atoms with Crippen LogP contribution in [0.4, 0.5) is 0 Å². The van der Waals surface area contributed by atoms with Crippen LogP contribution in [0.2, 0.25) is 0 Å². The average molecular weight is 423 g/mol. The van der Waals surface area contributed by atoms with Gasteiger partial charge < -0.3 is 14.5 Å². The number of imidazole rings is 1. The van der Waals surface area contributed by atoms with Gasteiger partial charge in [-0.2, -0.15) is 0 Å². The van der Waals surface area contributed by atoms with E-state index in [0.717, 1.165) is 36.6 Å². The SMILES string of the molecule is O=CN1CCCCC(n2c(S(=O)(=O)c3ccccc3)nc3cnc4[nH]ccc4c32)C1. The molecule has 0 radical (unpaired) electrons. The molecule has 1 atom stereocenters. The van der Waals surface area contributed by atoms with Crippen LogP contribution < -0.4 is 0 Å². The van der Waals surface area contributed by atoms with E-state index < -0.39 is 9.84 Å². The van der Waals surface area contributed by atoms with Gasteiger partial charge in [0.15, 0.2) is 0 Å². The summed E-state index contributed by atoms with van der Waals surface area (Å²) in [6.45, 7) is 1.12. The number of carbonyl (C=O) groups excluding carboxylic acids is 1. The highest BCUT2D eigenvalue weighted by atomic mass is 32.2. The molecule has 3 aromatic heterocycles. The number of aromatic amines is 1. The third-order valence-corrected chi connectivity index (χ3v) is 7.35. The first-order valence-corrected chi connectivity index (χ1v) is 11.4. The standard InChI is InChI=1S/C21H21N5O3S/c27-14-25-11-5-4-6-15(13-25)26-19-17-9-10-22-20(17)23-12-18(19)24-21(26)30(28,29)16-7-2-1-3-8-16/h1-3,7-10,12,14-15H,4-6,11,13H2,(H,22,23). The third-order valence-electron chi connectivity index (χ3n) is 5.69. The van der Waals surface area contributed by atoms with Crippen LogP contribution in [0.3, 0.4) is 0 Å². The lowest BCUT2D eigenvalue weighted by Gasteiger charge is -2.24. The zero-order valence-corrected chi connectivity index (χ0v) is 17.0. The first kappa shape index (κ1) is 18.8. The van der Waals surface area contributed by atoms with Crippen LogP contribution in [0.1, 0.15) is 25.3 Å². The van der Waals surface area contributed by atoms with Gasteiger partial charge in [-0.15, -0.1) is 0 Å². The van der Waals surface area contributed by atoms with Crippen molar-refractivity contribution in [3.8, 4) is 0 Å². The molecular formula is C21H21N5O3S. The fourth-order valence-electron chi connectivity index (χ4n) is 4.26. The second-order valence-electron chi connectivity index (χ2n) is 7.56. The molecule has 0 aliphatic carbocycles. The van der Waals surface area contributed by atoms with Crippen molar-refractivity contribution in [2.75, 3.05) is 13.1 Å². The Morgan fingerprint density at radius 2 is 1.97 bits per heavy atom. The molecule has 1 aromatic carbocycles. The maximum absolute atomic E-state index is 13.6. The van der Waals surface area contributed by atoms with E-state index in [1.165, 1.54) is 0 Å². The second-order valence-corrected chi connectivity index (χ2v) is 9.41. The molecule has 1 N–H and O–H groups in total. The maximum Gasteiger partial charge on any atom is 0.240 e. The lowest BCUT2D eigenvalue weighted by atomic mass is 10.1. The highest BCUT2D eigenvalue weighted by Gasteiger charge is 2.32. The molecule has 8 nitrogen and oxygen atoms in total. The monoisotopic (exact) mass is 423 g/mol. The number of amides is 1. The predicted molar refractivity (Wildman–Crippen MR) is 112 cm³/mol. The largest absolute Gasteiger partial charge is 0.346 e. The van der Waals surface area contributed by atoms with E-state index in [2.05, 4.69) is 15.0 Å². The summed E-state index contributed by atoms with van der Waals surface area (Å²) in [7, 11) is -3.86. The predicted octanol–water partition coefficient (Wildman–Crippen LogP) is 2.93. The van der Waals surface area contributed by atoms with E-state index in [-0.39, 0.29) is 16.1 Å². The molecule has 1 unspecified atom stereocenters. The van der Waals surface area contributed by atoms with Gasteiger partial charge in [-0.25, -0.2) is 18.4 Å². The molecule has 0 spiro atoms. The number of carbonyl (C=O) groups is 1. The quantitative estimate of drug-likeness (QED) is 0.509. The van der Waals surface area contributed by atoms with Crippen LogP contribution in [0.5, 0.6) is 0 Å². The Hall–Kier alpha value is -3.20. The Morgan fingerprint density at radius 3 is 2.77 bits per heavy atom. The van der Waals surface area contributed by atoms with Gasteiger partial charge in [-0.1, -0.05) is 18.2 Å². The van der Waals surface area contributed by atoms with Crippen molar-refractivity contribution in [3.63, 3.8) is 0 Å². The summed E-state index contributed by atoms with van der Waals surface area (Å²) in [5.74, 6) is 0. The number of rotatable bonds is 4. The number of H-pyrrole nitrogens is 1. The Balaban J connectivity index is 1.81. The number of pyridine rings is 1. The molecule has 1 saturated heterocycles. The highest BCUT2D eigenvalue weighted by Crippen LogP contribution is 2.34. The topological polar surface area (TPSA) is 101 Å². The zero-order valence-electron chi connectivity index (χ0n) is 16.2. The number of nitrogens with zero attached hydrogens (tertiary/aromatic N) is 4.